The molecule has 0 saturated heterocycles. The summed E-state index contributed by atoms with van der Waals surface area (Å²) in [6, 6.07) is 3.95. The predicted octanol–water partition coefficient (Wildman–Crippen LogP) is 3.13. The fraction of sp³-hybridized carbons (Fsp3) is 0.462. The summed E-state index contributed by atoms with van der Waals surface area (Å²) in [6.45, 7) is 7.58. The minimum absolute atomic E-state index is 0.145. The van der Waals surface area contributed by atoms with Crippen LogP contribution in [0.5, 0.6) is 0 Å². The van der Waals surface area contributed by atoms with E-state index in [1.807, 2.05) is 32.9 Å². The number of amides is 1. The predicted molar refractivity (Wildman–Crippen MR) is 75.1 cm³/mol. The Morgan fingerprint density at radius 1 is 1.41 bits per heavy atom. The second kappa shape index (κ2) is 5.19. The van der Waals surface area contributed by atoms with Gasteiger partial charge in [0.1, 0.15) is 0 Å². The molecule has 3 nitrogen and oxygen atoms in total. The van der Waals surface area contributed by atoms with E-state index in [-0.39, 0.29) is 5.91 Å². The highest BCUT2D eigenvalue weighted by Gasteiger charge is 2.26. The van der Waals surface area contributed by atoms with Gasteiger partial charge in [0.15, 0.2) is 0 Å². The van der Waals surface area contributed by atoms with Crippen molar-refractivity contribution in [2.24, 2.45) is 5.73 Å². The van der Waals surface area contributed by atoms with Crippen molar-refractivity contribution >= 4 is 27.5 Å². The molecule has 0 heterocycles. The minimum atomic E-state index is -0.827. The topological polar surface area (TPSA) is 55.1 Å². The van der Waals surface area contributed by atoms with Crippen LogP contribution in [-0.2, 0) is 4.79 Å². The molecule has 0 aliphatic carbocycles. The third kappa shape index (κ3) is 3.30. The van der Waals surface area contributed by atoms with E-state index in [0.29, 0.717) is 6.42 Å². The Balaban J connectivity index is 3.01. The van der Waals surface area contributed by atoms with Crippen LogP contribution in [0.2, 0.25) is 0 Å². The van der Waals surface area contributed by atoms with Crippen LogP contribution in [0.3, 0.4) is 0 Å². The van der Waals surface area contributed by atoms with Gasteiger partial charge in [-0.2, -0.15) is 0 Å². The van der Waals surface area contributed by atoms with Gasteiger partial charge in [-0.25, -0.2) is 0 Å². The molecule has 0 aliphatic rings. The van der Waals surface area contributed by atoms with Crippen LogP contribution in [-0.4, -0.2) is 11.4 Å². The molecule has 94 valence electrons. The lowest BCUT2D eigenvalue weighted by molar-refractivity contribution is -0.120. The Kier molecular flexibility index (Phi) is 4.33. The fourth-order valence-corrected chi connectivity index (χ4v) is 2.21. The number of benzene rings is 1. The first-order chi connectivity index (χ1) is 7.77. The van der Waals surface area contributed by atoms with Crippen LogP contribution in [0.15, 0.2) is 16.6 Å². The quantitative estimate of drug-likeness (QED) is 0.901. The molecule has 3 N–H and O–H groups in total. The molecule has 1 unspecified atom stereocenters. The number of anilines is 1. The maximum atomic E-state index is 12.0. The average Bonchev–Trinajstić information content (AvgIpc) is 2.22. The zero-order chi connectivity index (χ0) is 13.2. The molecule has 0 radical (unpaired) electrons. The van der Waals surface area contributed by atoms with E-state index >= 15 is 0 Å². The van der Waals surface area contributed by atoms with E-state index in [2.05, 4.69) is 21.2 Å². The third-order valence-electron chi connectivity index (χ3n) is 2.99. The van der Waals surface area contributed by atoms with Gasteiger partial charge in [-0.1, -0.05) is 22.9 Å². The summed E-state index contributed by atoms with van der Waals surface area (Å²) in [6.07, 6.45) is 0.605. The molecule has 0 aliphatic heterocycles. The van der Waals surface area contributed by atoms with Crippen LogP contribution in [0.4, 0.5) is 5.69 Å². The highest BCUT2D eigenvalue weighted by molar-refractivity contribution is 9.10. The summed E-state index contributed by atoms with van der Waals surface area (Å²) in [5, 5.41) is 2.91. The molecule has 4 heteroatoms. The number of nitrogens with two attached hydrogens (primary N) is 1. The number of carbonyl (C=O) groups excluding carboxylic acids is 1. The van der Waals surface area contributed by atoms with Crippen LogP contribution in [0.1, 0.15) is 31.4 Å². The van der Waals surface area contributed by atoms with E-state index in [4.69, 9.17) is 5.73 Å². The maximum absolute atomic E-state index is 12.0. The van der Waals surface area contributed by atoms with Gasteiger partial charge < -0.3 is 11.1 Å². The molecule has 0 saturated carbocycles. The largest absolute Gasteiger partial charge is 0.324 e. The lowest BCUT2D eigenvalue weighted by atomic mass is 9.98. The highest BCUT2D eigenvalue weighted by Crippen LogP contribution is 2.25. The lowest BCUT2D eigenvalue weighted by Crippen LogP contribution is -2.48. The summed E-state index contributed by atoms with van der Waals surface area (Å²) in [7, 11) is 0. The number of nitrogens with one attached hydrogen (secondary N) is 1. The molecule has 1 amide bonds. The summed E-state index contributed by atoms with van der Waals surface area (Å²) in [4.78, 5) is 12.0. The summed E-state index contributed by atoms with van der Waals surface area (Å²) < 4.78 is 1.01. The first-order valence-corrected chi connectivity index (χ1v) is 6.44. The van der Waals surface area contributed by atoms with Crippen molar-refractivity contribution in [1.29, 1.82) is 0 Å². The van der Waals surface area contributed by atoms with Gasteiger partial charge in [-0.3, -0.25) is 4.79 Å². The molecule has 17 heavy (non-hydrogen) atoms. The zero-order valence-corrected chi connectivity index (χ0v) is 12.3. The van der Waals surface area contributed by atoms with Gasteiger partial charge in [0, 0.05) is 10.2 Å². The normalized spacial score (nSPS) is 14.2. The number of carbonyl (C=O) groups is 1. The highest BCUT2D eigenvalue weighted by atomic mass is 79.9. The van der Waals surface area contributed by atoms with Gasteiger partial charge in [0.25, 0.3) is 0 Å². The van der Waals surface area contributed by atoms with Crippen LogP contribution in [0.25, 0.3) is 0 Å². The van der Waals surface area contributed by atoms with E-state index in [0.717, 1.165) is 21.3 Å². The molecular weight excluding hydrogens is 280 g/mol. The Morgan fingerprint density at radius 3 is 2.29 bits per heavy atom. The monoisotopic (exact) mass is 298 g/mol. The Hall–Kier alpha value is -0.870. The molecule has 0 spiro atoms. The molecule has 1 rings (SSSR count). The summed E-state index contributed by atoms with van der Waals surface area (Å²) in [5.41, 5.74) is 7.99. The van der Waals surface area contributed by atoms with Crippen LogP contribution >= 0.6 is 15.9 Å². The van der Waals surface area contributed by atoms with Crippen LogP contribution in [0, 0.1) is 13.8 Å². The van der Waals surface area contributed by atoms with Crippen molar-refractivity contribution in [1.82, 2.24) is 0 Å². The molecule has 0 aromatic heterocycles. The van der Waals surface area contributed by atoms with Crippen molar-refractivity contribution in [2.75, 3.05) is 5.32 Å². The SMILES string of the molecule is CCC(C)(N)C(=O)Nc1c(C)cc(Br)cc1C. The molecular formula is C13H19BrN2O. The Morgan fingerprint density at radius 2 is 1.88 bits per heavy atom. The van der Waals surface area contributed by atoms with Gasteiger partial charge in [-0.15, -0.1) is 0 Å². The van der Waals surface area contributed by atoms with Crippen molar-refractivity contribution < 1.29 is 4.79 Å². The molecule has 0 bridgehead atoms. The second-order valence-corrected chi connectivity index (χ2v) is 5.56. The van der Waals surface area contributed by atoms with Crippen LogP contribution < -0.4 is 11.1 Å². The molecule has 1 atom stereocenters. The molecule has 1 aromatic rings. The Bertz CT molecular complexity index is 418. The van der Waals surface area contributed by atoms with Gasteiger partial charge in [0.05, 0.1) is 5.54 Å². The molecule has 0 fully saturated rings. The van der Waals surface area contributed by atoms with Gasteiger partial charge in [-0.05, 0) is 50.5 Å². The minimum Gasteiger partial charge on any atom is -0.324 e. The summed E-state index contributed by atoms with van der Waals surface area (Å²) >= 11 is 3.43. The zero-order valence-electron chi connectivity index (χ0n) is 10.7. The lowest BCUT2D eigenvalue weighted by Gasteiger charge is -2.23. The van der Waals surface area contributed by atoms with E-state index in [1.165, 1.54) is 0 Å². The van der Waals surface area contributed by atoms with Crippen molar-refractivity contribution in [2.45, 2.75) is 39.7 Å². The van der Waals surface area contributed by atoms with Crippen molar-refractivity contribution in [3.05, 3.63) is 27.7 Å². The summed E-state index contributed by atoms with van der Waals surface area (Å²) in [5.74, 6) is -0.145. The average molecular weight is 299 g/mol. The van der Waals surface area contributed by atoms with Gasteiger partial charge in [0.2, 0.25) is 5.91 Å². The number of hydrogen-bond donors (Lipinski definition) is 2. The van der Waals surface area contributed by atoms with Crippen molar-refractivity contribution in [3.63, 3.8) is 0 Å². The second-order valence-electron chi connectivity index (χ2n) is 4.64. The first-order valence-electron chi connectivity index (χ1n) is 5.65. The van der Waals surface area contributed by atoms with Gasteiger partial charge >= 0.3 is 0 Å². The number of halogens is 1. The standard InChI is InChI=1S/C13H19BrN2O/c1-5-13(4,15)12(17)16-11-8(2)6-10(14)7-9(11)3/h6-7H,5,15H2,1-4H3,(H,16,17). The smallest absolute Gasteiger partial charge is 0.244 e. The third-order valence-corrected chi connectivity index (χ3v) is 3.45. The number of hydrogen-bond acceptors (Lipinski definition) is 2. The molecule has 1 aromatic carbocycles. The van der Waals surface area contributed by atoms with E-state index in [9.17, 15) is 4.79 Å². The first kappa shape index (κ1) is 14.2. The van der Waals surface area contributed by atoms with E-state index < -0.39 is 5.54 Å². The maximum Gasteiger partial charge on any atom is 0.244 e. The Labute approximate surface area is 111 Å². The van der Waals surface area contributed by atoms with E-state index in [1.54, 1.807) is 6.92 Å². The number of rotatable bonds is 3. The van der Waals surface area contributed by atoms with Crippen molar-refractivity contribution in [3.8, 4) is 0 Å². The fourth-order valence-electron chi connectivity index (χ4n) is 1.52. The number of aryl methyl sites for hydroxylation is 2.